The lowest BCUT2D eigenvalue weighted by Crippen LogP contribution is -2.07. The maximum Gasteiger partial charge on any atom is 0.160 e. The topological polar surface area (TPSA) is 69.4 Å². The summed E-state index contributed by atoms with van der Waals surface area (Å²) in [5, 5.41) is 3.27. The summed E-state index contributed by atoms with van der Waals surface area (Å²) < 4.78 is 11.4. The smallest absolute Gasteiger partial charge is 0.160 e. The van der Waals surface area contributed by atoms with Crippen molar-refractivity contribution >= 4 is 27.4 Å². The number of nitrogens with two attached hydrogens (primary N) is 1. The van der Waals surface area contributed by atoms with Gasteiger partial charge in [0.25, 0.3) is 0 Å². The van der Waals surface area contributed by atoms with E-state index in [1.54, 1.807) is 20.4 Å². The predicted octanol–water partition coefficient (Wildman–Crippen LogP) is 3.10. The maximum atomic E-state index is 5.66. The van der Waals surface area contributed by atoms with Crippen LogP contribution in [0.25, 0.3) is 0 Å². The zero-order chi connectivity index (χ0) is 15.2. The largest absolute Gasteiger partial charge is 0.493 e. The van der Waals surface area contributed by atoms with Crippen LogP contribution in [0.4, 0.5) is 11.5 Å². The van der Waals surface area contributed by atoms with Gasteiger partial charge in [0.15, 0.2) is 11.5 Å². The van der Waals surface area contributed by atoms with Gasteiger partial charge in [-0.3, -0.25) is 0 Å². The van der Waals surface area contributed by atoms with Gasteiger partial charge in [-0.15, -0.1) is 0 Å². The molecule has 5 nitrogen and oxygen atoms in total. The molecule has 1 aromatic heterocycles. The molecule has 0 amide bonds. The zero-order valence-corrected chi connectivity index (χ0v) is 13.6. The third kappa shape index (κ3) is 4.01. The van der Waals surface area contributed by atoms with E-state index in [4.69, 9.17) is 15.2 Å². The summed E-state index contributed by atoms with van der Waals surface area (Å²) in [6.45, 7) is 0.755. The molecule has 2 aromatic rings. The minimum absolute atomic E-state index is 0.632. The Hall–Kier alpha value is -1.95. The molecule has 0 radical (unpaired) electrons. The minimum atomic E-state index is 0.632. The van der Waals surface area contributed by atoms with E-state index >= 15 is 0 Å². The van der Waals surface area contributed by atoms with E-state index in [-0.39, 0.29) is 0 Å². The lowest BCUT2D eigenvalue weighted by molar-refractivity contribution is 0.354. The van der Waals surface area contributed by atoms with E-state index in [1.807, 2.05) is 24.3 Å². The number of rotatable bonds is 6. The van der Waals surface area contributed by atoms with Crippen molar-refractivity contribution in [2.75, 3.05) is 31.8 Å². The lowest BCUT2D eigenvalue weighted by Gasteiger charge is -2.11. The van der Waals surface area contributed by atoms with E-state index in [1.165, 1.54) is 0 Å². The van der Waals surface area contributed by atoms with Crippen molar-refractivity contribution in [2.24, 2.45) is 0 Å². The fourth-order valence-corrected chi connectivity index (χ4v) is 2.45. The summed E-state index contributed by atoms with van der Waals surface area (Å²) in [4.78, 5) is 4.24. The van der Waals surface area contributed by atoms with Gasteiger partial charge in [-0.25, -0.2) is 4.98 Å². The van der Waals surface area contributed by atoms with Crippen molar-refractivity contribution in [1.82, 2.24) is 4.98 Å². The van der Waals surface area contributed by atoms with Gasteiger partial charge in [-0.2, -0.15) is 0 Å². The number of hydrogen-bond donors (Lipinski definition) is 2. The molecule has 1 aromatic carbocycles. The van der Waals surface area contributed by atoms with Crippen molar-refractivity contribution in [1.29, 1.82) is 0 Å². The van der Waals surface area contributed by atoms with E-state index in [9.17, 15) is 0 Å². The third-order valence-electron chi connectivity index (χ3n) is 3.02. The van der Waals surface area contributed by atoms with E-state index in [2.05, 4.69) is 26.2 Å². The molecule has 1 heterocycles. The molecular formula is C15H18BrN3O2. The molecule has 3 N–H and O–H groups in total. The van der Waals surface area contributed by atoms with E-state index < -0.39 is 0 Å². The Morgan fingerprint density at radius 2 is 1.95 bits per heavy atom. The van der Waals surface area contributed by atoms with E-state index in [0.29, 0.717) is 5.69 Å². The summed E-state index contributed by atoms with van der Waals surface area (Å²) in [5.74, 6) is 2.25. The highest BCUT2D eigenvalue weighted by Crippen LogP contribution is 2.28. The number of nitrogens with zero attached hydrogens (tertiary/aromatic N) is 1. The molecule has 0 saturated carbocycles. The highest BCUT2D eigenvalue weighted by Gasteiger charge is 2.05. The number of anilines is 2. The number of halogens is 1. The summed E-state index contributed by atoms with van der Waals surface area (Å²) in [5.41, 5.74) is 7.45. The highest BCUT2D eigenvalue weighted by atomic mass is 79.9. The SMILES string of the molecule is COc1ccc(CCNc2ncc(N)cc2Br)cc1OC. The predicted molar refractivity (Wildman–Crippen MR) is 88.1 cm³/mol. The first-order chi connectivity index (χ1) is 10.1. The van der Waals surface area contributed by atoms with Crippen LogP contribution in [0.15, 0.2) is 34.9 Å². The minimum Gasteiger partial charge on any atom is -0.493 e. The number of methoxy groups -OCH3 is 2. The van der Waals surface area contributed by atoms with Crippen LogP contribution in [-0.4, -0.2) is 25.7 Å². The molecule has 0 spiro atoms. The fraction of sp³-hybridized carbons (Fsp3) is 0.267. The van der Waals surface area contributed by atoms with Crippen molar-refractivity contribution in [2.45, 2.75) is 6.42 Å². The molecule has 0 unspecified atom stereocenters. The molecule has 0 bridgehead atoms. The number of nitrogen functional groups attached to an aromatic ring is 1. The second-order valence-electron chi connectivity index (χ2n) is 4.47. The van der Waals surface area contributed by atoms with Crippen LogP contribution in [-0.2, 0) is 6.42 Å². The van der Waals surface area contributed by atoms with Crippen LogP contribution in [0.1, 0.15) is 5.56 Å². The van der Waals surface area contributed by atoms with Crippen molar-refractivity contribution in [3.63, 3.8) is 0 Å². The lowest BCUT2D eigenvalue weighted by atomic mass is 10.1. The number of nitrogens with one attached hydrogen (secondary N) is 1. The molecule has 0 atom stereocenters. The Morgan fingerprint density at radius 1 is 1.19 bits per heavy atom. The molecular weight excluding hydrogens is 334 g/mol. The second kappa shape index (κ2) is 7.17. The molecule has 6 heteroatoms. The Kier molecular flexibility index (Phi) is 5.27. The quantitative estimate of drug-likeness (QED) is 0.836. The van der Waals surface area contributed by atoms with Crippen LogP contribution >= 0.6 is 15.9 Å². The standard InChI is InChI=1S/C15H18BrN3O2/c1-20-13-4-3-10(7-14(13)21-2)5-6-18-15-12(16)8-11(17)9-19-15/h3-4,7-9H,5-6,17H2,1-2H3,(H,18,19). The fourth-order valence-electron chi connectivity index (χ4n) is 1.94. The Balaban J connectivity index is 1.97. The molecule has 21 heavy (non-hydrogen) atoms. The van der Waals surface area contributed by atoms with Gasteiger partial charge < -0.3 is 20.5 Å². The molecule has 0 aliphatic carbocycles. The summed E-state index contributed by atoms with van der Waals surface area (Å²) in [6.07, 6.45) is 2.47. The average Bonchev–Trinajstić information content (AvgIpc) is 2.49. The summed E-state index contributed by atoms with van der Waals surface area (Å²) in [7, 11) is 3.26. The highest BCUT2D eigenvalue weighted by molar-refractivity contribution is 9.10. The normalized spacial score (nSPS) is 10.2. The van der Waals surface area contributed by atoms with Crippen LogP contribution in [0, 0.1) is 0 Å². The maximum absolute atomic E-state index is 5.66. The Bertz CT molecular complexity index is 620. The van der Waals surface area contributed by atoms with Gasteiger partial charge in [0.2, 0.25) is 0 Å². The number of aromatic nitrogens is 1. The van der Waals surface area contributed by atoms with Crippen LogP contribution < -0.4 is 20.5 Å². The number of hydrogen-bond acceptors (Lipinski definition) is 5. The molecule has 0 aliphatic heterocycles. The summed E-state index contributed by atoms with van der Waals surface area (Å²) in [6, 6.07) is 7.73. The van der Waals surface area contributed by atoms with Crippen LogP contribution in [0.2, 0.25) is 0 Å². The molecule has 0 aliphatic rings. The molecule has 0 fully saturated rings. The van der Waals surface area contributed by atoms with Crippen molar-refractivity contribution in [3.8, 4) is 11.5 Å². The number of ether oxygens (including phenoxy) is 2. The first-order valence-corrected chi connectivity index (χ1v) is 7.29. The molecule has 2 rings (SSSR count). The van der Waals surface area contributed by atoms with Gasteiger partial charge in [0.1, 0.15) is 5.82 Å². The van der Waals surface area contributed by atoms with Gasteiger partial charge in [-0.1, -0.05) is 6.07 Å². The number of pyridine rings is 1. The molecule has 0 saturated heterocycles. The number of benzene rings is 1. The zero-order valence-electron chi connectivity index (χ0n) is 12.0. The summed E-state index contributed by atoms with van der Waals surface area (Å²) >= 11 is 3.43. The van der Waals surface area contributed by atoms with Gasteiger partial charge in [0, 0.05) is 6.54 Å². The Morgan fingerprint density at radius 3 is 2.62 bits per heavy atom. The monoisotopic (exact) mass is 351 g/mol. The third-order valence-corrected chi connectivity index (χ3v) is 3.62. The first-order valence-electron chi connectivity index (χ1n) is 6.50. The van der Waals surface area contributed by atoms with E-state index in [0.717, 1.165) is 40.3 Å². The van der Waals surface area contributed by atoms with Crippen molar-refractivity contribution in [3.05, 3.63) is 40.5 Å². The average molecular weight is 352 g/mol. The molecule has 112 valence electrons. The van der Waals surface area contributed by atoms with Gasteiger partial charge >= 0.3 is 0 Å². The second-order valence-corrected chi connectivity index (χ2v) is 5.32. The van der Waals surface area contributed by atoms with Crippen LogP contribution in [0.3, 0.4) is 0 Å². The van der Waals surface area contributed by atoms with Crippen molar-refractivity contribution < 1.29 is 9.47 Å². The van der Waals surface area contributed by atoms with Crippen LogP contribution in [0.5, 0.6) is 11.5 Å². The first kappa shape index (κ1) is 15.4. The van der Waals surface area contributed by atoms with Gasteiger partial charge in [-0.05, 0) is 46.1 Å². The van der Waals surface area contributed by atoms with Gasteiger partial charge in [0.05, 0.1) is 30.6 Å². The Labute approximate surface area is 132 Å².